The van der Waals surface area contributed by atoms with Gasteiger partial charge in [0.05, 0.1) is 18.4 Å². The maximum Gasteiger partial charge on any atom is 0.308 e. The number of cyclic esters (lactones) is 1. The highest BCUT2D eigenvalue weighted by Crippen LogP contribution is 2.54. The van der Waals surface area contributed by atoms with Gasteiger partial charge in [0.25, 0.3) is 0 Å². The van der Waals surface area contributed by atoms with E-state index in [1.54, 1.807) is 0 Å². The van der Waals surface area contributed by atoms with Crippen molar-refractivity contribution in [1.29, 1.82) is 0 Å². The minimum absolute atomic E-state index is 0.0925. The van der Waals surface area contributed by atoms with Crippen molar-refractivity contribution in [2.24, 2.45) is 29.1 Å². The van der Waals surface area contributed by atoms with E-state index in [9.17, 15) is 14.7 Å². The molecule has 0 aromatic carbocycles. The molecule has 0 amide bonds. The lowest BCUT2D eigenvalue weighted by Gasteiger charge is -2.51. The third-order valence-electron chi connectivity index (χ3n) is 7.63. The molecule has 3 rings (SSSR count). The van der Waals surface area contributed by atoms with Crippen LogP contribution in [0.15, 0.2) is 23.8 Å². The van der Waals surface area contributed by atoms with Gasteiger partial charge >= 0.3 is 11.9 Å². The Hall–Kier alpha value is -1.62. The number of ether oxygens (including phenoxy) is 2. The van der Waals surface area contributed by atoms with Gasteiger partial charge in [-0.1, -0.05) is 52.8 Å². The van der Waals surface area contributed by atoms with Crippen LogP contribution in [0.1, 0.15) is 73.1 Å². The number of hydrogen-bond donors (Lipinski definition) is 1. The number of esters is 2. The highest BCUT2D eigenvalue weighted by Gasteiger charge is 2.51. The summed E-state index contributed by atoms with van der Waals surface area (Å²) in [6, 6.07) is 0. The van der Waals surface area contributed by atoms with Crippen molar-refractivity contribution in [2.75, 3.05) is 0 Å². The van der Waals surface area contributed by atoms with Crippen molar-refractivity contribution in [3.05, 3.63) is 23.8 Å². The molecule has 3 aliphatic rings. The predicted octanol–water partition coefficient (Wildman–Crippen LogP) is 4.59. The van der Waals surface area contributed by atoms with Gasteiger partial charge in [-0.15, -0.1) is 0 Å². The first-order valence-corrected chi connectivity index (χ1v) is 11.6. The summed E-state index contributed by atoms with van der Waals surface area (Å²) in [5.74, 6) is 0.437. The molecule has 2 aliphatic carbocycles. The number of rotatable bonds is 6. The Bertz CT molecular complexity index is 710. The van der Waals surface area contributed by atoms with Gasteiger partial charge in [0.15, 0.2) is 0 Å². The van der Waals surface area contributed by atoms with E-state index in [2.05, 4.69) is 39.0 Å². The van der Waals surface area contributed by atoms with Crippen LogP contribution in [0.3, 0.4) is 0 Å². The highest BCUT2D eigenvalue weighted by molar-refractivity contribution is 5.72. The fourth-order valence-electron chi connectivity index (χ4n) is 5.51. The zero-order chi connectivity index (χ0) is 22.1. The number of carbonyl (C=O) groups is 2. The Morgan fingerprint density at radius 2 is 2.07 bits per heavy atom. The molecule has 0 bridgehead atoms. The van der Waals surface area contributed by atoms with E-state index < -0.39 is 6.10 Å². The number of aliphatic hydroxyl groups is 1. The summed E-state index contributed by atoms with van der Waals surface area (Å²) in [6.45, 7) is 10.6. The Morgan fingerprint density at radius 3 is 2.73 bits per heavy atom. The third-order valence-corrected chi connectivity index (χ3v) is 7.63. The van der Waals surface area contributed by atoms with E-state index in [4.69, 9.17) is 9.47 Å². The molecule has 1 heterocycles. The molecule has 0 saturated carbocycles. The van der Waals surface area contributed by atoms with E-state index in [0.717, 1.165) is 25.7 Å². The SMILES string of the molecule is CC[C@H](C)C(=O)O[C@@H]1C[C@H](C)C=C2C=C[C@@H](C)[C@@H](CC[C@H]3C[C@H](O)CC(=O)O3)[C@]21C. The van der Waals surface area contributed by atoms with Crippen molar-refractivity contribution in [3.8, 4) is 0 Å². The molecular weight excluding hydrogens is 380 g/mol. The first kappa shape index (κ1) is 23.1. The molecule has 0 spiro atoms. The maximum absolute atomic E-state index is 12.7. The van der Waals surface area contributed by atoms with Crippen LogP contribution in [-0.4, -0.2) is 35.4 Å². The number of hydrogen-bond acceptors (Lipinski definition) is 5. The van der Waals surface area contributed by atoms with Crippen molar-refractivity contribution in [2.45, 2.75) is 91.5 Å². The largest absolute Gasteiger partial charge is 0.462 e. The van der Waals surface area contributed by atoms with Gasteiger partial charge in [0.1, 0.15) is 12.2 Å². The number of carbonyl (C=O) groups excluding carboxylic acids is 2. The summed E-state index contributed by atoms with van der Waals surface area (Å²) < 4.78 is 11.6. The molecule has 1 aliphatic heterocycles. The van der Waals surface area contributed by atoms with Crippen LogP contribution in [0, 0.1) is 29.1 Å². The minimum Gasteiger partial charge on any atom is -0.462 e. The highest BCUT2D eigenvalue weighted by atomic mass is 16.6. The second kappa shape index (κ2) is 9.25. The predicted molar refractivity (Wildman–Crippen MR) is 115 cm³/mol. The summed E-state index contributed by atoms with van der Waals surface area (Å²) in [5, 5.41) is 9.94. The van der Waals surface area contributed by atoms with Crippen molar-refractivity contribution in [3.63, 3.8) is 0 Å². The second-order valence-corrected chi connectivity index (χ2v) is 9.96. The number of allylic oxidation sites excluding steroid dienone is 3. The van der Waals surface area contributed by atoms with Gasteiger partial charge in [0, 0.05) is 11.8 Å². The minimum atomic E-state index is -0.606. The van der Waals surface area contributed by atoms with Crippen LogP contribution in [-0.2, 0) is 19.1 Å². The molecule has 0 radical (unpaired) electrons. The molecule has 0 aromatic heterocycles. The summed E-state index contributed by atoms with van der Waals surface area (Å²) in [5.41, 5.74) is 0.994. The smallest absolute Gasteiger partial charge is 0.308 e. The monoisotopic (exact) mass is 418 g/mol. The molecule has 168 valence electrons. The summed E-state index contributed by atoms with van der Waals surface area (Å²) in [6.07, 6.45) is 9.57. The topological polar surface area (TPSA) is 72.8 Å². The van der Waals surface area contributed by atoms with Gasteiger partial charge < -0.3 is 14.6 Å². The van der Waals surface area contributed by atoms with Crippen molar-refractivity contribution < 1.29 is 24.2 Å². The van der Waals surface area contributed by atoms with Crippen LogP contribution >= 0.6 is 0 Å². The molecule has 0 aromatic rings. The molecule has 0 unspecified atom stereocenters. The molecule has 1 saturated heterocycles. The van der Waals surface area contributed by atoms with E-state index >= 15 is 0 Å². The Balaban J connectivity index is 1.82. The van der Waals surface area contributed by atoms with Crippen LogP contribution < -0.4 is 0 Å². The number of fused-ring (bicyclic) bond motifs is 1. The lowest BCUT2D eigenvalue weighted by molar-refractivity contribution is -0.166. The van der Waals surface area contributed by atoms with Gasteiger partial charge in [-0.2, -0.15) is 0 Å². The molecule has 5 heteroatoms. The summed E-state index contributed by atoms with van der Waals surface area (Å²) in [7, 11) is 0. The van der Waals surface area contributed by atoms with Crippen LogP contribution in [0.2, 0.25) is 0 Å². The summed E-state index contributed by atoms with van der Waals surface area (Å²) >= 11 is 0. The lowest BCUT2D eigenvalue weighted by atomic mass is 9.55. The van der Waals surface area contributed by atoms with Gasteiger partial charge in [-0.3, -0.25) is 9.59 Å². The lowest BCUT2D eigenvalue weighted by Crippen LogP contribution is -2.50. The molecule has 1 N–H and O–H groups in total. The van der Waals surface area contributed by atoms with Crippen molar-refractivity contribution in [1.82, 2.24) is 0 Å². The van der Waals surface area contributed by atoms with E-state index in [-0.39, 0.29) is 47.8 Å². The average Bonchev–Trinajstić information content (AvgIpc) is 2.67. The van der Waals surface area contributed by atoms with Crippen LogP contribution in [0.4, 0.5) is 0 Å². The quantitative estimate of drug-likeness (QED) is 0.639. The fraction of sp³-hybridized carbons (Fsp3) is 0.760. The van der Waals surface area contributed by atoms with Crippen LogP contribution in [0.5, 0.6) is 0 Å². The Labute approximate surface area is 180 Å². The Kier molecular flexibility index (Phi) is 7.11. The second-order valence-electron chi connectivity index (χ2n) is 9.96. The first-order chi connectivity index (χ1) is 14.1. The number of aliphatic hydroxyl groups excluding tert-OH is 1. The zero-order valence-corrected chi connectivity index (χ0v) is 19.1. The van der Waals surface area contributed by atoms with Crippen molar-refractivity contribution >= 4 is 11.9 Å². The first-order valence-electron chi connectivity index (χ1n) is 11.6. The Morgan fingerprint density at radius 1 is 1.33 bits per heavy atom. The van der Waals surface area contributed by atoms with Gasteiger partial charge in [-0.05, 0) is 49.0 Å². The normalized spacial score (nSPS) is 39.5. The summed E-state index contributed by atoms with van der Waals surface area (Å²) in [4.78, 5) is 24.4. The fourth-order valence-corrected chi connectivity index (χ4v) is 5.51. The molecule has 30 heavy (non-hydrogen) atoms. The standard InChI is InChI=1S/C25H38O5/c1-6-16(3)24(28)30-22-12-15(2)11-18-8-7-17(4)21(25(18,22)5)10-9-20-13-19(26)14-23(27)29-20/h7-8,11,15-17,19-22,26H,6,9-10,12-14H2,1-5H3/t15-,16+,17-,19+,20+,21-,22-,25+/m1/s1. The average molecular weight is 419 g/mol. The zero-order valence-electron chi connectivity index (χ0n) is 19.1. The van der Waals surface area contributed by atoms with Gasteiger partial charge in [-0.25, -0.2) is 0 Å². The van der Waals surface area contributed by atoms with E-state index in [1.165, 1.54) is 5.57 Å². The maximum atomic E-state index is 12.7. The van der Waals surface area contributed by atoms with E-state index in [1.807, 2.05) is 13.8 Å². The van der Waals surface area contributed by atoms with Gasteiger partial charge in [0.2, 0.25) is 0 Å². The molecule has 5 nitrogen and oxygen atoms in total. The van der Waals surface area contributed by atoms with E-state index in [0.29, 0.717) is 18.3 Å². The molecule has 8 atom stereocenters. The third kappa shape index (κ3) is 4.66. The molecule has 1 fully saturated rings. The van der Waals surface area contributed by atoms with Crippen LogP contribution in [0.25, 0.3) is 0 Å². The molecular formula is C25H38O5.